The highest BCUT2D eigenvalue weighted by Crippen LogP contribution is 2.29. The topological polar surface area (TPSA) is 74.7 Å². The van der Waals surface area contributed by atoms with Crippen LogP contribution in [0.25, 0.3) is 0 Å². The highest BCUT2D eigenvalue weighted by atomic mass is 32.2. The number of carboxylic acids is 1. The largest absolute Gasteiger partial charge is 0.480 e. The van der Waals surface area contributed by atoms with Crippen LogP contribution in [0.15, 0.2) is 29.2 Å². The van der Waals surface area contributed by atoms with Gasteiger partial charge in [0.05, 0.1) is 4.90 Å². The van der Waals surface area contributed by atoms with E-state index in [0.717, 1.165) is 24.8 Å². The molecule has 6 heteroatoms. The van der Waals surface area contributed by atoms with Crippen LogP contribution in [0.3, 0.4) is 0 Å². The maximum Gasteiger partial charge on any atom is 0.322 e. The molecule has 1 aliphatic rings. The number of sulfonamides is 1. The van der Waals surface area contributed by atoms with Crippen LogP contribution in [0.4, 0.5) is 0 Å². The molecule has 1 saturated heterocycles. The first-order valence-corrected chi connectivity index (χ1v) is 12.7. The van der Waals surface area contributed by atoms with Crippen LogP contribution >= 0.6 is 0 Å². The summed E-state index contributed by atoms with van der Waals surface area (Å²) in [4.78, 5) is 11.7. The van der Waals surface area contributed by atoms with Crippen molar-refractivity contribution in [3.8, 4) is 0 Å². The fourth-order valence-corrected chi connectivity index (χ4v) is 6.07. The van der Waals surface area contributed by atoms with E-state index in [1.807, 2.05) is 12.1 Å². The lowest BCUT2D eigenvalue weighted by Gasteiger charge is -2.22. The number of hydrogen-bond acceptors (Lipinski definition) is 3. The van der Waals surface area contributed by atoms with Gasteiger partial charge in [-0.05, 0) is 37.3 Å². The maximum atomic E-state index is 13.1. The Morgan fingerprint density at radius 1 is 1.00 bits per heavy atom. The van der Waals surface area contributed by atoms with Crippen LogP contribution in [-0.2, 0) is 21.2 Å². The van der Waals surface area contributed by atoms with E-state index in [-0.39, 0.29) is 11.4 Å². The van der Waals surface area contributed by atoms with Crippen LogP contribution < -0.4 is 0 Å². The van der Waals surface area contributed by atoms with Crippen molar-refractivity contribution in [3.05, 3.63) is 29.8 Å². The molecular formula is C23H37NO4S. The third-order valence-corrected chi connectivity index (χ3v) is 7.86. The standard InChI is InChI=1S/C23H37NO4S/c1-2-3-4-5-6-7-8-9-10-11-15-20-16-12-13-18-22(20)29(27,28)24-19-14-17-21(24)23(25)26/h12-13,16,18,21H,2-11,14-15,17,19H2,1H3,(H,25,26). The maximum absolute atomic E-state index is 13.1. The van der Waals surface area contributed by atoms with Crippen molar-refractivity contribution < 1.29 is 18.3 Å². The lowest BCUT2D eigenvalue weighted by atomic mass is 10.0. The molecular weight excluding hydrogens is 386 g/mol. The van der Waals surface area contributed by atoms with Crippen LogP contribution in [-0.4, -0.2) is 36.4 Å². The number of aliphatic carboxylic acids is 1. The first kappa shape index (κ1) is 23.9. The number of nitrogens with zero attached hydrogens (tertiary/aromatic N) is 1. The van der Waals surface area contributed by atoms with Gasteiger partial charge in [-0.3, -0.25) is 4.79 Å². The second-order valence-electron chi connectivity index (χ2n) is 8.15. The van der Waals surface area contributed by atoms with Gasteiger partial charge in [0.15, 0.2) is 0 Å². The molecule has 0 spiro atoms. The Bertz CT molecular complexity index is 732. The van der Waals surface area contributed by atoms with Gasteiger partial charge in [0.25, 0.3) is 0 Å². The Kier molecular flexibility index (Phi) is 10.2. The molecule has 1 fully saturated rings. The quantitative estimate of drug-likeness (QED) is 0.407. The number of hydrogen-bond donors (Lipinski definition) is 1. The lowest BCUT2D eigenvalue weighted by Crippen LogP contribution is -2.40. The number of unbranched alkanes of at least 4 members (excludes halogenated alkanes) is 9. The van der Waals surface area contributed by atoms with E-state index >= 15 is 0 Å². The summed E-state index contributed by atoms with van der Waals surface area (Å²) < 4.78 is 27.4. The summed E-state index contributed by atoms with van der Waals surface area (Å²) in [5, 5.41) is 9.36. The molecule has 29 heavy (non-hydrogen) atoms. The van der Waals surface area contributed by atoms with E-state index in [9.17, 15) is 18.3 Å². The number of benzene rings is 1. The van der Waals surface area contributed by atoms with Crippen molar-refractivity contribution >= 4 is 16.0 Å². The Hall–Kier alpha value is -1.40. The monoisotopic (exact) mass is 423 g/mol. The summed E-state index contributed by atoms with van der Waals surface area (Å²) in [6.07, 6.45) is 14.1. The SMILES string of the molecule is CCCCCCCCCCCCc1ccccc1S(=O)(=O)N1CCCC1C(=O)O. The molecule has 0 amide bonds. The Morgan fingerprint density at radius 2 is 1.59 bits per heavy atom. The van der Waals surface area contributed by atoms with E-state index in [4.69, 9.17) is 0 Å². The first-order chi connectivity index (χ1) is 14.0. The van der Waals surface area contributed by atoms with Crippen molar-refractivity contribution in [2.24, 2.45) is 0 Å². The molecule has 1 atom stereocenters. The van der Waals surface area contributed by atoms with Crippen LogP contribution in [0.2, 0.25) is 0 Å². The van der Waals surface area contributed by atoms with Gasteiger partial charge in [0.1, 0.15) is 6.04 Å². The number of carboxylic acid groups (broad SMARTS) is 1. The molecule has 0 aromatic heterocycles. The zero-order valence-electron chi connectivity index (χ0n) is 17.8. The molecule has 1 unspecified atom stereocenters. The Morgan fingerprint density at radius 3 is 2.21 bits per heavy atom. The average molecular weight is 424 g/mol. The molecule has 0 saturated carbocycles. The molecule has 164 valence electrons. The lowest BCUT2D eigenvalue weighted by molar-refractivity contribution is -0.140. The van der Waals surface area contributed by atoms with Crippen molar-refractivity contribution in [2.45, 2.75) is 101 Å². The third kappa shape index (κ3) is 7.10. The minimum atomic E-state index is -3.77. The summed E-state index contributed by atoms with van der Waals surface area (Å²) in [7, 11) is -3.77. The van der Waals surface area contributed by atoms with Crippen molar-refractivity contribution in [1.82, 2.24) is 4.31 Å². The molecule has 1 N–H and O–H groups in total. The first-order valence-electron chi connectivity index (χ1n) is 11.3. The molecule has 1 aromatic rings. The molecule has 0 radical (unpaired) electrons. The van der Waals surface area contributed by atoms with E-state index in [2.05, 4.69) is 6.92 Å². The van der Waals surface area contributed by atoms with Crippen LogP contribution in [0, 0.1) is 0 Å². The van der Waals surface area contributed by atoms with Crippen LogP contribution in [0.5, 0.6) is 0 Å². The van der Waals surface area contributed by atoms with Gasteiger partial charge in [-0.1, -0.05) is 82.9 Å². The highest BCUT2D eigenvalue weighted by molar-refractivity contribution is 7.89. The van der Waals surface area contributed by atoms with Gasteiger partial charge in [-0.2, -0.15) is 4.31 Å². The van der Waals surface area contributed by atoms with Crippen LogP contribution in [0.1, 0.15) is 89.5 Å². The molecule has 0 bridgehead atoms. The molecule has 2 rings (SSSR count). The van der Waals surface area contributed by atoms with E-state index in [1.54, 1.807) is 12.1 Å². The molecule has 1 aliphatic heterocycles. The van der Waals surface area contributed by atoms with E-state index in [0.29, 0.717) is 12.8 Å². The predicted molar refractivity (Wildman–Crippen MR) is 117 cm³/mol. The smallest absolute Gasteiger partial charge is 0.322 e. The van der Waals surface area contributed by atoms with E-state index in [1.165, 1.54) is 55.7 Å². The van der Waals surface area contributed by atoms with E-state index < -0.39 is 22.0 Å². The summed E-state index contributed by atoms with van der Waals surface area (Å²) >= 11 is 0. The number of aryl methyl sites for hydroxylation is 1. The second kappa shape index (κ2) is 12.3. The Labute approximate surface area is 176 Å². The van der Waals surface area contributed by atoms with Crippen molar-refractivity contribution in [1.29, 1.82) is 0 Å². The zero-order valence-corrected chi connectivity index (χ0v) is 18.6. The third-order valence-electron chi connectivity index (χ3n) is 5.85. The minimum absolute atomic E-state index is 0.282. The normalized spacial score (nSPS) is 17.6. The summed E-state index contributed by atoms with van der Waals surface area (Å²) in [5.74, 6) is -1.06. The van der Waals surface area contributed by atoms with Gasteiger partial charge in [0.2, 0.25) is 10.0 Å². The minimum Gasteiger partial charge on any atom is -0.480 e. The van der Waals surface area contributed by atoms with Crippen molar-refractivity contribution in [2.75, 3.05) is 6.54 Å². The van der Waals surface area contributed by atoms with Gasteiger partial charge >= 0.3 is 5.97 Å². The van der Waals surface area contributed by atoms with Crippen molar-refractivity contribution in [3.63, 3.8) is 0 Å². The summed E-state index contributed by atoms with van der Waals surface area (Å²) in [5.41, 5.74) is 0.808. The molecule has 1 heterocycles. The average Bonchev–Trinajstić information content (AvgIpc) is 3.21. The fourth-order valence-electron chi connectivity index (χ4n) is 4.17. The zero-order chi connectivity index (χ0) is 21.1. The fraction of sp³-hybridized carbons (Fsp3) is 0.696. The molecule has 1 aromatic carbocycles. The number of rotatable bonds is 14. The summed E-state index contributed by atoms with van der Waals surface area (Å²) in [6, 6.07) is 6.14. The van der Waals surface area contributed by atoms with Gasteiger partial charge < -0.3 is 5.11 Å². The van der Waals surface area contributed by atoms with Gasteiger partial charge in [0, 0.05) is 6.54 Å². The summed E-state index contributed by atoms with van der Waals surface area (Å²) in [6.45, 7) is 2.52. The van der Waals surface area contributed by atoms with Gasteiger partial charge in [-0.25, -0.2) is 8.42 Å². The van der Waals surface area contributed by atoms with Gasteiger partial charge in [-0.15, -0.1) is 0 Å². The molecule has 0 aliphatic carbocycles. The Balaban J connectivity index is 1.84. The second-order valence-corrected chi connectivity index (χ2v) is 10.0. The predicted octanol–water partition coefficient (Wildman–Crippen LogP) is 5.39. The highest BCUT2D eigenvalue weighted by Gasteiger charge is 2.40. The molecule has 5 nitrogen and oxygen atoms in total. The number of carbonyl (C=O) groups is 1.